The number of urea groups is 1. The van der Waals surface area contributed by atoms with Gasteiger partial charge in [-0.05, 0) is 18.9 Å². The monoisotopic (exact) mass is 308 g/mol. The van der Waals surface area contributed by atoms with Crippen LogP contribution in [0.5, 0.6) is 0 Å². The molecule has 2 saturated heterocycles. The summed E-state index contributed by atoms with van der Waals surface area (Å²) in [6.45, 7) is 2.76. The number of carbonyl (C=O) groups excluding carboxylic acids is 2. The number of rotatable bonds is 2. The standard InChI is InChI=1S/C14H17ClN4O2/c15-12-9-16-4-1-11(12)13(20)18-6-2-10(3-7-18)19-8-5-17-14(19)21/h1,4,9-10H,2-3,5-8H2,(H,17,21). The number of amides is 3. The maximum Gasteiger partial charge on any atom is 0.317 e. The quantitative estimate of drug-likeness (QED) is 0.897. The Bertz CT molecular complexity index is 558. The molecule has 0 aromatic carbocycles. The minimum absolute atomic E-state index is 0.0111. The SMILES string of the molecule is O=C(c1ccncc1Cl)N1CCC(N2CCNC2=O)CC1. The Kier molecular flexibility index (Phi) is 3.96. The maximum atomic E-state index is 12.4. The van der Waals surface area contributed by atoms with Crippen LogP contribution in [0.15, 0.2) is 18.5 Å². The van der Waals surface area contributed by atoms with Crippen molar-refractivity contribution in [1.29, 1.82) is 0 Å². The molecule has 0 unspecified atom stereocenters. The lowest BCUT2D eigenvalue weighted by Gasteiger charge is -2.36. The van der Waals surface area contributed by atoms with Crippen LogP contribution in [0.4, 0.5) is 4.79 Å². The first kappa shape index (κ1) is 14.1. The third-order valence-electron chi connectivity index (χ3n) is 4.09. The number of nitrogens with zero attached hydrogens (tertiary/aromatic N) is 3. The average Bonchev–Trinajstić information content (AvgIpc) is 2.93. The van der Waals surface area contributed by atoms with Crippen LogP contribution in [0, 0.1) is 0 Å². The van der Waals surface area contributed by atoms with Crippen LogP contribution < -0.4 is 5.32 Å². The van der Waals surface area contributed by atoms with Crippen molar-refractivity contribution in [1.82, 2.24) is 20.1 Å². The number of hydrogen-bond donors (Lipinski definition) is 1. The van der Waals surface area contributed by atoms with E-state index in [2.05, 4.69) is 10.3 Å². The predicted molar refractivity (Wildman–Crippen MR) is 78.3 cm³/mol. The molecule has 0 saturated carbocycles. The minimum atomic E-state index is -0.0632. The van der Waals surface area contributed by atoms with Gasteiger partial charge in [0.25, 0.3) is 5.91 Å². The van der Waals surface area contributed by atoms with Crippen LogP contribution in [0.3, 0.4) is 0 Å². The van der Waals surface area contributed by atoms with Crippen molar-refractivity contribution < 1.29 is 9.59 Å². The van der Waals surface area contributed by atoms with Gasteiger partial charge in [0.1, 0.15) is 0 Å². The number of pyridine rings is 1. The molecule has 0 aliphatic carbocycles. The molecule has 0 spiro atoms. The summed E-state index contributed by atoms with van der Waals surface area (Å²) in [6.07, 6.45) is 4.67. The molecule has 2 aliphatic rings. The van der Waals surface area contributed by atoms with E-state index in [1.807, 2.05) is 4.90 Å². The van der Waals surface area contributed by atoms with E-state index in [0.29, 0.717) is 30.2 Å². The second kappa shape index (κ2) is 5.89. The molecule has 112 valence electrons. The van der Waals surface area contributed by atoms with Gasteiger partial charge in [-0.3, -0.25) is 9.78 Å². The van der Waals surface area contributed by atoms with Crippen molar-refractivity contribution in [2.75, 3.05) is 26.2 Å². The molecular formula is C14H17ClN4O2. The summed E-state index contributed by atoms with van der Waals surface area (Å²) >= 11 is 6.02. The molecule has 7 heteroatoms. The predicted octanol–water partition coefficient (Wildman–Crippen LogP) is 1.36. The molecular weight excluding hydrogens is 292 g/mol. The van der Waals surface area contributed by atoms with E-state index in [-0.39, 0.29) is 18.0 Å². The van der Waals surface area contributed by atoms with E-state index in [0.717, 1.165) is 19.4 Å². The smallest absolute Gasteiger partial charge is 0.317 e. The van der Waals surface area contributed by atoms with Gasteiger partial charge in [-0.15, -0.1) is 0 Å². The summed E-state index contributed by atoms with van der Waals surface area (Å²) in [5.41, 5.74) is 0.490. The van der Waals surface area contributed by atoms with E-state index in [1.54, 1.807) is 17.2 Å². The highest BCUT2D eigenvalue weighted by atomic mass is 35.5. The van der Waals surface area contributed by atoms with Crippen LogP contribution in [0.25, 0.3) is 0 Å². The number of nitrogens with one attached hydrogen (secondary N) is 1. The molecule has 21 heavy (non-hydrogen) atoms. The van der Waals surface area contributed by atoms with Gasteiger partial charge in [-0.1, -0.05) is 11.6 Å². The van der Waals surface area contributed by atoms with Crippen molar-refractivity contribution in [3.63, 3.8) is 0 Å². The van der Waals surface area contributed by atoms with Crippen molar-refractivity contribution in [3.8, 4) is 0 Å². The molecule has 2 fully saturated rings. The van der Waals surface area contributed by atoms with Gasteiger partial charge in [-0.25, -0.2) is 4.79 Å². The zero-order valence-corrected chi connectivity index (χ0v) is 12.3. The van der Waals surface area contributed by atoms with Gasteiger partial charge in [0.05, 0.1) is 10.6 Å². The van der Waals surface area contributed by atoms with E-state index in [4.69, 9.17) is 11.6 Å². The molecule has 6 nitrogen and oxygen atoms in total. The van der Waals surface area contributed by atoms with Gasteiger partial charge in [0.2, 0.25) is 0 Å². The third kappa shape index (κ3) is 2.81. The Morgan fingerprint density at radius 1 is 1.33 bits per heavy atom. The highest BCUT2D eigenvalue weighted by Gasteiger charge is 2.32. The van der Waals surface area contributed by atoms with Gasteiger partial charge < -0.3 is 15.1 Å². The normalized spacial score (nSPS) is 19.8. The van der Waals surface area contributed by atoms with Gasteiger partial charge in [-0.2, -0.15) is 0 Å². The first-order valence-corrected chi connectivity index (χ1v) is 7.48. The Morgan fingerprint density at radius 3 is 2.71 bits per heavy atom. The van der Waals surface area contributed by atoms with E-state index in [1.165, 1.54) is 6.20 Å². The minimum Gasteiger partial charge on any atom is -0.338 e. The van der Waals surface area contributed by atoms with Crippen LogP contribution in [0.1, 0.15) is 23.2 Å². The Balaban J connectivity index is 1.62. The first-order chi connectivity index (χ1) is 10.2. The summed E-state index contributed by atoms with van der Waals surface area (Å²) < 4.78 is 0. The molecule has 3 rings (SSSR count). The zero-order valence-electron chi connectivity index (χ0n) is 11.6. The van der Waals surface area contributed by atoms with E-state index < -0.39 is 0 Å². The maximum absolute atomic E-state index is 12.4. The number of halogens is 1. The Labute approximate surface area is 128 Å². The summed E-state index contributed by atoms with van der Waals surface area (Å²) in [7, 11) is 0. The highest BCUT2D eigenvalue weighted by molar-refractivity contribution is 6.33. The highest BCUT2D eigenvalue weighted by Crippen LogP contribution is 2.22. The average molecular weight is 309 g/mol. The second-order valence-electron chi connectivity index (χ2n) is 5.30. The topological polar surface area (TPSA) is 65.5 Å². The van der Waals surface area contributed by atoms with E-state index >= 15 is 0 Å². The number of likely N-dealkylation sites (tertiary alicyclic amines) is 1. The van der Waals surface area contributed by atoms with Crippen LogP contribution in [-0.4, -0.2) is 58.9 Å². The van der Waals surface area contributed by atoms with Crippen molar-refractivity contribution >= 4 is 23.5 Å². The van der Waals surface area contributed by atoms with Crippen molar-refractivity contribution in [2.45, 2.75) is 18.9 Å². The number of hydrogen-bond acceptors (Lipinski definition) is 3. The molecule has 3 heterocycles. The zero-order chi connectivity index (χ0) is 14.8. The molecule has 1 aromatic rings. The molecule has 0 radical (unpaired) electrons. The Morgan fingerprint density at radius 2 is 2.10 bits per heavy atom. The van der Waals surface area contributed by atoms with Gasteiger partial charge >= 0.3 is 6.03 Å². The van der Waals surface area contributed by atoms with E-state index in [9.17, 15) is 9.59 Å². The lowest BCUT2D eigenvalue weighted by molar-refractivity contribution is 0.0666. The molecule has 2 aliphatic heterocycles. The van der Waals surface area contributed by atoms with Crippen LogP contribution >= 0.6 is 11.6 Å². The number of piperidine rings is 1. The molecule has 0 bridgehead atoms. The summed E-state index contributed by atoms with van der Waals surface area (Å²) in [4.78, 5) is 31.7. The largest absolute Gasteiger partial charge is 0.338 e. The molecule has 1 N–H and O–H groups in total. The molecule has 3 amide bonds. The fourth-order valence-corrected chi connectivity index (χ4v) is 3.13. The van der Waals surface area contributed by atoms with Crippen LogP contribution in [0.2, 0.25) is 5.02 Å². The fourth-order valence-electron chi connectivity index (χ4n) is 2.93. The number of aromatic nitrogens is 1. The van der Waals surface area contributed by atoms with Crippen molar-refractivity contribution in [2.24, 2.45) is 0 Å². The van der Waals surface area contributed by atoms with Crippen LogP contribution in [-0.2, 0) is 0 Å². The summed E-state index contributed by atoms with van der Waals surface area (Å²) in [6, 6.07) is 1.88. The van der Waals surface area contributed by atoms with Gasteiger partial charge in [0.15, 0.2) is 0 Å². The second-order valence-corrected chi connectivity index (χ2v) is 5.71. The molecule has 1 aromatic heterocycles. The fraction of sp³-hybridized carbons (Fsp3) is 0.500. The molecule has 0 atom stereocenters. The third-order valence-corrected chi connectivity index (χ3v) is 4.39. The number of carbonyl (C=O) groups is 2. The lowest BCUT2D eigenvalue weighted by Crippen LogP contribution is -2.47. The Hall–Kier alpha value is -1.82. The summed E-state index contributed by atoms with van der Waals surface area (Å²) in [5.74, 6) is -0.0632. The van der Waals surface area contributed by atoms with Gasteiger partial charge in [0, 0.05) is 44.6 Å². The first-order valence-electron chi connectivity index (χ1n) is 7.10. The summed E-state index contributed by atoms with van der Waals surface area (Å²) in [5, 5.41) is 3.19. The van der Waals surface area contributed by atoms with Crippen molar-refractivity contribution in [3.05, 3.63) is 29.0 Å². The lowest BCUT2D eigenvalue weighted by atomic mass is 10.0.